The first-order valence-electron chi connectivity index (χ1n) is 11.2. The molecule has 0 heterocycles. The number of benzene rings is 2. The number of ether oxygens (including phenoxy) is 2. The first-order valence-corrected chi connectivity index (χ1v) is 11.2. The van der Waals surface area contributed by atoms with Gasteiger partial charge in [-0.2, -0.15) is 0 Å². The second-order valence-electron chi connectivity index (χ2n) is 7.73. The summed E-state index contributed by atoms with van der Waals surface area (Å²) in [5.74, 6) is -0.642. The van der Waals surface area contributed by atoms with Crippen LogP contribution in [0.5, 0.6) is 0 Å². The molecule has 2 aromatic carbocycles. The van der Waals surface area contributed by atoms with E-state index in [0.29, 0.717) is 36.9 Å². The molecule has 3 rings (SSSR count). The molecule has 1 fully saturated rings. The van der Waals surface area contributed by atoms with Crippen molar-refractivity contribution < 1.29 is 19.1 Å². The second-order valence-corrected chi connectivity index (χ2v) is 7.73. The lowest BCUT2D eigenvalue weighted by Crippen LogP contribution is -2.23. The molecule has 6 nitrogen and oxygen atoms in total. The Bertz CT molecular complexity index is 874. The zero-order chi connectivity index (χ0) is 22.1. The first-order chi connectivity index (χ1) is 15.1. The zero-order valence-electron chi connectivity index (χ0n) is 18.4. The minimum absolute atomic E-state index is 0.317. The zero-order valence-corrected chi connectivity index (χ0v) is 18.4. The van der Waals surface area contributed by atoms with Gasteiger partial charge in [0.2, 0.25) is 0 Å². The number of hydrogen-bond donors (Lipinski definition) is 2. The molecule has 0 saturated heterocycles. The summed E-state index contributed by atoms with van der Waals surface area (Å²) in [5, 5.41) is 7.09. The highest BCUT2D eigenvalue weighted by molar-refractivity contribution is 5.92. The van der Waals surface area contributed by atoms with Crippen molar-refractivity contribution in [2.24, 2.45) is 0 Å². The van der Waals surface area contributed by atoms with Gasteiger partial charge in [-0.25, -0.2) is 9.59 Å². The monoisotopic (exact) mass is 424 g/mol. The van der Waals surface area contributed by atoms with E-state index in [-0.39, 0.29) is 11.9 Å². The molecule has 0 radical (unpaired) electrons. The van der Waals surface area contributed by atoms with Gasteiger partial charge in [0.15, 0.2) is 0 Å². The van der Waals surface area contributed by atoms with Crippen molar-refractivity contribution in [2.45, 2.75) is 58.5 Å². The summed E-state index contributed by atoms with van der Waals surface area (Å²) in [6.45, 7) is 4.86. The summed E-state index contributed by atoms with van der Waals surface area (Å²) < 4.78 is 10.2. The third kappa shape index (κ3) is 6.48. The molecule has 0 bridgehead atoms. The number of anilines is 2. The lowest BCUT2D eigenvalue weighted by Gasteiger charge is -2.25. The third-order valence-corrected chi connectivity index (χ3v) is 5.44. The molecule has 6 heteroatoms. The van der Waals surface area contributed by atoms with Crippen molar-refractivity contribution in [2.75, 3.05) is 23.8 Å². The SMILES string of the molecule is CCOC(=O)c1ccc(CNc2cc(C(=O)OCC)ccc2NC2CCCCC2)cc1. The highest BCUT2D eigenvalue weighted by Gasteiger charge is 2.16. The Morgan fingerprint density at radius 1 is 0.839 bits per heavy atom. The van der Waals surface area contributed by atoms with Gasteiger partial charge in [0.1, 0.15) is 0 Å². The normalized spacial score (nSPS) is 14.0. The van der Waals surface area contributed by atoms with Crippen molar-refractivity contribution in [1.29, 1.82) is 0 Å². The van der Waals surface area contributed by atoms with E-state index >= 15 is 0 Å². The Balaban J connectivity index is 1.73. The highest BCUT2D eigenvalue weighted by Crippen LogP contribution is 2.29. The van der Waals surface area contributed by atoms with Crippen molar-refractivity contribution in [1.82, 2.24) is 0 Å². The summed E-state index contributed by atoms with van der Waals surface area (Å²) in [7, 11) is 0. The lowest BCUT2D eigenvalue weighted by molar-refractivity contribution is 0.0517. The van der Waals surface area contributed by atoms with Gasteiger partial charge < -0.3 is 20.1 Å². The van der Waals surface area contributed by atoms with E-state index in [2.05, 4.69) is 10.6 Å². The molecule has 0 spiro atoms. The summed E-state index contributed by atoms with van der Waals surface area (Å²) in [5.41, 5.74) is 3.94. The Kier molecular flexibility index (Phi) is 8.33. The molecule has 1 aliphatic carbocycles. The van der Waals surface area contributed by atoms with Crippen molar-refractivity contribution in [3.05, 3.63) is 59.2 Å². The predicted molar refractivity (Wildman–Crippen MR) is 123 cm³/mol. The van der Waals surface area contributed by atoms with Crippen molar-refractivity contribution >= 4 is 23.3 Å². The van der Waals surface area contributed by atoms with E-state index in [4.69, 9.17) is 9.47 Å². The minimum atomic E-state index is -0.325. The standard InChI is InChI=1S/C25H32N2O4/c1-3-30-24(28)19-12-10-18(11-13-19)17-26-23-16-20(25(29)31-4-2)14-15-22(23)27-21-8-6-5-7-9-21/h10-16,21,26-27H,3-9,17H2,1-2H3. The summed E-state index contributed by atoms with van der Waals surface area (Å²) in [4.78, 5) is 24.0. The molecular formula is C25H32N2O4. The van der Waals surface area contributed by atoms with E-state index in [1.165, 1.54) is 19.3 Å². The maximum Gasteiger partial charge on any atom is 0.338 e. The maximum absolute atomic E-state index is 12.2. The molecule has 0 unspecified atom stereocenters. The van der Waals surface area contributed by atoms with Gasteiger partial charge in [0, 0.05) is 12.6 Å². The summed E-state index contributed by atoms with van der Waals surface area (Å²) >= 11 is 0. The van der Waals surface area contributed by atoms with E-state index in [1.54, 1.807) is 26.0 Å². The van der Waals surface area contributed by atoms with Gasteiger partial charge in [-0.15, -0.1) is 0 Å². The van der Waals surface area contributed by atoms with Crippen LogP contribution in [-0.2, 0) is 16.0 Å². The fourth-order valence-corrected chi connectivity index (χ4v) is 3.80. The topological polar surface area (TPSA) is 76.7 Å². The van der Waals surface area contributed by atoms with Crippen LogP contribution in [0.2, 0.25) is 0 Å². The van der Waals surface area contributed by atoms with E-state index < -0.39 is 0 Å². The van der Waals surface area contributed by atoms with Crippen LogP contribution < -0.4 is 10.6 Å². The number of hydrogen-bond acceptors (Lipinski definition) is 6. The van der Waals surface area contributed by atoms with Crippen LogP contribution in [0.1, 0.15) is 72.2 Å². The van der Waals surface area contributed by atoms with Gasteiger partial charge in [-0.3, -0.25) is 0 Å². The summed E-state index contributed by atoms with van der Waals surface area (Å²) in [6, 6.07) is 13.4. The fraction of sp³-hybridized carbons (Fsp3) is 0.440. The third-order valence-electron chi connectivity index (χ3n) is 5.44. The average Bonchev–Trinajstić information content (AvgIpc) is 2.79. The van der Waals surface area contributed by atoms with Crippen LogP contribution >= 0.6 is 0 Å². The highest BCUT2D eigenvalue weighted by atomic mass is 16.5. The Labute approximate surface area is 184 Å². The molecule has 0 aliphatic heterocycles. The number of rotatable bonds is 9. The number of carbonyl (C=O) groups excluding carboxylic acids is 2. The number of nitrogens with one attached hydrogen (secondary N) is 2. The Morgan fingerprint density at radius 3 is 2.10 bits per heavy atom. The largest absolute Gasteiger partial charge is 0.462 e. The van der Waals surface area contributed by atoms with E-state index in [1.807, 2.05) is 30.3 Å². The van der Waals surface area contributed by atoms with E-state index in [9.17, 15) is 9.59 Å². The van der Waals surface area contributed by atoms with Gasteiger partial charge >= 0.3 is 11.9 Å². The van der Waals surface area contributed by atoms with Gasteiger partial charge in [0.25, 0.3) is 0 Å². The van der Waals surface area contributed by atoms with Crippen LogP contribution in [0.25, 0.3) is 0 Å². The van der Waals surface area contributed by atoms with Crippen molar-refractivity contribution in [3.63, 3.8) is 0 Å². The molecule has 2 aromatic rings. The minimum Gasteiger partial charge on any atom is -0.462 e. The molecule has 0 atom stereocenters. The molecule has 0 amide bonds. The first kappa shape index (κ1) is 22.7. The van der Waals surface area contributed by atoms with Gasteiger partial charge in [-0.1, -0.05) is 31.4 Å². The second kappa shape index (κ2) is 11.4. The number of carbonyl (C=O) groups is 2. The van der Waals surface area contributed by atoms with Crippen LogP contribution in [0.15, 0.2) is 42.5 Å². The molecule has 1 aliphatic rings. The molecule has 0 aromatic heterocycles. The Morgan fingerprint density at radius 2 is 1.45 bits per heavy atom. The van der Waals surface area contributed by atoms with Crippen LogP contribution in [0.4, 0.5) is 11.4 Å². The van der Waals surface area contributed by atoms with Crippen LogP contribution in [0.3, 0.4) is 0 Å². The van der Waals surface area contributed by atoms with Crippen LogP contribution in [0, 0.1) is 0 Å². The molecular weight excluding hydrogens is 392 g/mol. The lowest BCUT2D eigenvalue weighted by atomic mass is 9.95. The smallest absolute Gasteiger partial charge is 0.338 e. The van der Waals surface area contributed by atoms with E-state index in [0.717, 1.165) is 29.8 Å². The molecule has 1 saturated carbocycles. The average molecular weight is 425 g/mol. The predicted octanol–water partition coefficient (Wildman–Crippen LogP) is 5.40. The van der Waals surface area contributed by atoms with Gasteiger partial charge in [-0.05, 0) is 62.6 Å². The quantitative estimate of drug-likeness (QED) is 0.525. The Hall–Kier alpha value is -3.02. The molecule has 31 heavy (non-hydrogen) atoms. The fourth-order valence-electron chi connectivity index (χ4n) is 3.80. The number of esters is 2. The maximum atomic E-state index is 12.2. The van der Waals surface area contributed by atoms with Crippen LogP contribution in [-0.4, -0.2) is 31.2 Å². The summed E-state index contributed by atoms with van der Waals surface area (Å²) in [6.07, 6.45) is 6.11. The molecule has 2 N–H and O–H groups in total. The van der Waals surface area contributed by atoms with Crippen molar-refractivity contribution in [3.8, 4) is 0 Å². The van der Waals surface area contributed by atoms with Gasteiger partial charge in [0.05, 0.1) is 35.7 Å². The molecule has 166 valence electrons.